The molecule has 5 aromatic carbocycles. The minimum atomic E-state index is -0.215. The number of aromatic nitrogens is 1. The lowest BCUT2D eigenvalue weighted by Gasteiger charge is -2.27. The third-order valence-corrected chi connectivity index (χ3v) is 7.77. The summed E-state index contributed by atoms with van der Waals surface area (Å²) < 4.78 is 6.31. The van der Waals surface area contributed by atoms with Crippen molar-refractivity contribution >= 4 is 33.8 Å². The number of fused-ring (bicyclic) bond motifs is 2. The number of phenols is 1. The van der Waals surface area contributed by atoms with Crippen LogP contribution in [0.2, 0.25) is 0 Å². The molecule has 42 heavy (non-hydrogen) atoms. The lowest BCUT2D eigenvalue weighted by molar-refractivity contribution is 0.444. The minimum Gasteiger partial charge on any atom is -0.507 e. The van der Waals surface area contributed by atoms with Crippen LogP contribution in [0.15, 0.2) is 106 Å². The molecule has 210 valence electrons. The van der Waals surface area contributed by atoms with Gasteiger partial charge in [-0.1, -0.05) is 108 Å². The summed E-state index contributed by atoms with van der Waals surface area (Å²) in [4.78, 5) is 9.84. The minimum absolute atomic E-state index is 0.0743. The summed E-state index contributed by atoms with van der Waals surface area (Å²) in [6.07, 6.45) is 1.75. The molecular formula is C38H36N2O2. The molecule has 0 saturated carbocycles. The van der Waals surface area contributed by atoms with Crippen LogP contribution in [0.25, 0.3) is 44.5 Å². The fourth-order valence-corrected chi connectivity index (χ4v) is 5.32. The zero-order valence-electron chi connectivity index (χ0n) is 25.1. The number of hydrogen-bond acceptors (Lipinski definition) is 4. The van der Waals surface area contributed by atoms with Crippen LogP contribution < -0.4 is 0 Å². The third-order valence-electron chi connectivity index (χ3n) is 7.77. The highest BCUT2D eigenvalue weighted by Gasteiger charge is 2.24. The van der Waals surface area contributed by atoms with Gasteiger partial charge >= 0.3 is 0 Å². The summed E-state index contributed by atoms with van der Waals surface area (Å²) in [5, 5.41) is 13.6. The van der Waals surface area contributed by atoms with Crippen molar-refractivity contribution in [1.29, 1.82) is 0 Å². The fourth-order valence-electron chi connectivity index (χ4n) is 5.32. The number of rotatable bonds is 4. The highest BCUT2D eigenvalue weighted by atomic mass is 16.3. The number of phenolic OH excluding ortho intramolecular Hbond substituents is 1. The molecule has 6 aromatic rings. The molecule has 4 nitrogen and oxygen atoms in total. The number of para-hydroxylation sites is 2. The van der Waals surface area contributed by atoms with Gasteiger partial charge < -0.3 is 9.52 Å². The summed E-state index contributed by atoms with van der Waals surface area (Å²) in [7, 11) is 0. The summed E-state index contributed by atoms with van der Waals surface area (Å²) in [5.41, 5.74) is 7.62. The number of nitrogens with zero attached hydrogens (tertiary/aromatic N) is 2. The van der Waals surface area contributed by atoms with Crippen molar-refractivity contribution in [2.45, 2.75) is 52.4 Å². The molecule has 4 heteroatoms. The Labute approximate surface area is 247 Å². The van der Waals surface area contributed by atoms with Crippen molar-refractivity contribution in [2.24, 2.45) is 4.99 Å². The van der Waals surface area contributed by atoms with E-state index < -0.39 is 0 Å². The van der Waals surface area contributed by atoms with Crippen molar-refractivity contribution in [3.63, 3.8) is 0 Å². The zero-order chi connectivity index (χ0) is 29.6. The quantitative estimate of drug-likeness (QED) is 0.221. The van der Waals surface area contributed by atoms with Crippen molar-refractivity contribution in [2.75, 3.05) is 0 Å². The Kier molecular flexibility index (Phi) is 6.73. The predicted octanol–water partition coefficient (Wildman–Crippen LogP) is 10.4. The molecule has 1 N–H and O–H groups in total. The van der Waals surface area contributed by atoms with Gasteiger partial charge in [-0.2, -0.15) is 0 Å². The number of aromatic hydroxyl groups is 1. The van der Waals surface area contributed by atoms with Gasteiger partial charge in [-0.05, 0) is 63.1 Å². The Hall–Kier alpha value is -4.70. The molecule has 6 rings (SSSR count). The smallest absolute Gasteiger partial charge is 0.229 e. The molecule has 0 radical (unpaired) electrons. The van der Waals surface area contributed by atoms with E-state index in [9.17, 15) is 5.11 Å². The summed E-state index contributed by atoms with van der Waals surface area (Å²) in [6, 6.07) is 32.8. The number of oxazole rings is 1. The molecule has 0 spiro atoms. The van der Waals surface area contributed by atoms with Crippen LogP contribution in [0.5, 0.6) is 5.75 Å². The van der Waals surface area contributed by atoms with Gasteiger partial charge in [0.05, 0.1) is 11.3 Å². The molecule has 0 unspecified atom stereocenters. The average molecular weight is 553 g/mol. The lowest BCUT2D eigenvalue weighted by atomic mass is 9.79. The molecule has 0 aliphatic heterocycles. The van der Waals surface area contributed by atoms with Crippen molar-refractivity contribution in [1.82, 2.24) is 4.98 Å². The maximum Gasteiger partial charge on any atom is 0.229 e. The van der Waals surface area contributed by atoms with Crippen molar-refractivity contribution in [3.8, 4) is 28.3 Å². The van der Waals surface area contributed by atoms with Crippen LogP contribution in [-0.4, -0.2) is 16.3 Å². The van der Waals surface area contributed by atoms with E-state index in [0.717, 1.165) is 38.9 Å². The predicted molar refractivity (Wildman–Crippen MR) is 175 cm³/mol. The third kappa shape index (κ3) is 5.21. The van der Waals surface area contributed by atoms with E-state index >= 15 is 0 Å². The first-order chi connectivity index (χ1) is 20.0. The van der Waals surface area contributed by atoms with Gasteiger partial charge in [-0.15, -0.1) is 0 Å². The maximum atomic E-state index is 11.3. The van der Waals surface area contributed by atoms with Crippen molar-refractivity contribution in [3.05, 3.63) is 114 Å². The monoisotopic (exact) mass is 552 g/mol. The lowest BCUT2D eigenvalue weighted by Crippen LogP contribution is -2.17. The molecule has 0 aliphatic carbocycles. The van der Waals surface area contributed by atoms with Gasteiger partial charge in [0.1, 0.15) is 11.3 Å². The van der Waals surface area contributed by atoms with E-state index in [0.29, 0.717) is 17.1 Å². The standard InChI is InChI=1S/C38H36N2O2/c1-37(2,3)28-21-27(35(41)31(22-28)38(4,5)6)23-39-32-16-10-9-14-30(32)36-40-34-29(15-11-17-33(34)42-36)26-19-18-24-12-7-8-13-25(24)20-26/h7-23,41H,1-6H3. The van der Waals surface area contributed by atoms with E-state index in [1.807, 2.05) is 42.5 Å². The number of aliphatic imine (C=N–C) groups is 1. The maximum absolute atomic E-state index is 11.3. The van der Waals surface area contributed by atoms with Gasteiger partial charge in [0.25, 0.3) is 0 Å². The van der Waals surface area contributed by atoms with Gasteiger partial charge in [-0.25, -0.2) is 4.98 Å². The molecule has 0 amide bonds. The second-order valence-corrected chi connectivity index (χ2v) is 13.0. The van der Waals surface area contributed by atoms with E-state index in [1.165, 1.54) is 10.8 Å². The topological polar surface area (TPSA) is 58.6 Å². The summed E-state index contributed by atoms with van der Waals surface area (Å²) >= 11 is 0. The molecule has 0 fully saturated rings. The average Bonchev–Trinajstić information content (AvgIpc) is 3.40. The first-order valence-corrected chi connectivity index (χ1v) is 14.4. The Balaban J connectivity index is 1.43. The van der Waals surface area contributed by atoms with E-state index in [1.54, 1.807) is 6.21 Å². The Morgan fingerprint density at radius 1 is 0.714 bits per heavy atom. The zero-order valence-corrected chi connectivity index (χ0v) is 25.1. The summed E-state index contributed by atoms with van der Waals surface area (Å²) in [6.45, 7) is 12.9. The van der Waals surface area contributed by atoms with Gasteiger partial charge in [0, 0.05) is 22.9 Å². The second-order valence-electron chi connectivity index (χ2n) is 13.0. The van der Waals surface area contributed by atoms with Crippen LogP contribution in [-0.2, 0) is 10.8 Å². The van der Waals surface area contributed by atoms with E-state index in [2.05, 4.69) is 96.1 Å². The van der Waals surface area contributed by atoms with Gasteiger partial charge in [-0.3, -0.25) is 4.99 Å². The first kappa shape index (κ1) is 27.5. The molecule has 0 bridgehead atoms. The highest BCUT2D eigenvalue weighted by Crippen LogP contribution is 2.39. The van der Waals surface area contributed by atoms with E-state index in [4.69, 9.17) is 14.4 Å². The van der Waals surface area contributed by atoms with Crippen LogP contribution >= 0.6 is 0 Å². The second kappa shape index (κ2) is 10.3. The summed E-state index contributed by atoms with van der Waals surface area (Å²) in [5.74, 6) is 0.771. The first-order valence-electron chi connectivity index (χ1n) is 14.4. The van der Waals surface area contributed by atoms with Gasteiger partial charge in [0.2, 0.25) is 5.89 Å². The number of hydrogen-bond donors (Lipinski definition) is 1. The van der Waals surface area contributed by atoms with Crippen LogP contribution in [0.1, 0.15) is 58.2 Å². The molecule has 0 saturated heterocycles. The SMILES string of the molecule is CC(C)(C)c1cc(C=Nc2ccccc2-c2nc3c(-c4ccc5ccccc5c4)cccc3o2)c(O)c(C(C)(C)C)c1. The van der Waals surface area contributed by atoms with Crippen LogP contribution in [0.3, 0.4) is 0 Å². The Morgan fingerprint density at radius 2 is 1.43 bits per heavy atom. The Bertz CT molecular complexity index is 1970. The van der Waals surface area contributed by atoms with Crippen LogP contribution in [0, 0.1) is 0 Å². The molecule has 1 aromatic heterocycles. The normalized spacial score (nSPS) is 12.5. The molecule has 0 atom stereocenters. The molecule has 1 heterocycles. The van der Waals surface area contributed by atoms with Gasteiger partial charge in [0.15, 0.2) is 5.58 Å². The van der Waals surface area contributed by atoms with E-state index in [-0.39, 0.29) is 16.6 Å². The van der Waals surface area contributed by atoms with Crippen molar-refractivity contribution < 1.29 is 9.52 Å². The highest BCUT2D eigenvalue weighted by molar-refractivity contribution is 5.96. The molecule has 0 aliphatic rings. The Morgan fingerprint density at radius 3 is 2.19 bits per heavy atom. The van der Waals surface area contributed by atoms with Crippen LogP contribution in [0.4, 0.5) is 5.69 Å². The fraction of sp³-hybridized carbons (Fsp3) is 0.211. The largest absolute Gasteiger partial charge is 0.507 e. The number of benzene rings is 5. The molecular weight excluding hydrogens is 516 g/mol.